The predicted octanol–water partition coefficient (Wildman–Crippen LogP) is 1.95. The van der Waals surface area contributed by atoms with Crippen LogP contribution >= 0.6 is 0 Å². The second kappa shape index (κ2) is 6.86. The van der Waals surface area contributed by atoms with Crippen molar-refractivity contribution in [3.8, 4) is 5.75 Å². The Morgan fingerprint density at radius 3 is 2.38 bits per heavy atom. The predicted molar refractivity (Wildman–Crippen MR) is 97.5 cm³/mol. The second-order valence-electron chi connectivity index (χ2n) is 6.92. The zero-order chi connectivity index (χ0) is 18.1. The molecular formula is C20H23N3O3. The third kappa shape index (κ3) is 3.19. The first-order valence-electron chi connectivity index (χ1n) is 9.08. The van der Waals surface area contributed by atoms with Crippen LogP contribution in [0.2, 0.25) is 0 Å². The van der Waals surface area contributed by atoms with Gasteiger partial charge in [-0.05, 0) is 36.2 Å². The molecule has 2 amide bonds. The first-order valence-corrected chi connectivity index (χ1v) is 9.08. The van der Waals surface area contributed by atoms with Crippen molar-refractivity contribution in [2.45, 2.75) is 12.8 Å². The van der Waals surface area contributed by atoms with Gasteiger partial charge in [0, 0.05) is 57.6 Å². The van der Waals surface area contributed by atoms with E-state index in [1.54, 1.807) is 0 Å². The van der Waals surface area contributed by atoms with E-state index in [1.807, 2.05) is 58.1 Å². The summed E-state index contributed by atoms with van der Waals surface area (Å²) >= 11 is 0. The number of rotatable bonds is 2. The van der Waals surface area contributed by atoms with Gasteiger partial charge in [-0.1, -0.05) is 0 Å². The van der Waals surface area contributed by atoms with E-state index in [1.165, 1.54) is 0 Å². The Hall–Kier alpha value is -2.76. The van der Waals surface area contributed by atoms with Crippen LogP contribution in [0.5, 0.6) is 5.75 Å². The molecule has 1 saturated heterocycles. The summed E-state index contributed by atoms with van der Waals surface area (Å²) in [7, 11) is 1.90. The summed E-state index contributed by atoms with van der Waals surface area (Å²) in [5.74, 6) is 0.959. The molecule has 136 valence electrons. The van der Waals surface area contributed by atoms with Gasteiger partial charge in [-0.3, -0.25) is 9.59 Å². The van der Waals surface area contributed by atoms with Gasteiger partial charge in [0.2, 0.25) is 0 Å². The van der Waals surface area contributed by atoms with Crippen LogP contribution in [0.3, 0.4) is 0 Å². The van der Waals surface area contributed by atoms with Crippen LogP contribution in [-0.4, -0.2) is 59.0 Å². The zero-order valence-electron chi connectivity index (χ0n) is 15.0. The molecule has 0 aliphatic carbocycles. The fraction of sp³-hybridized carbons (Fsp3) is 0.400. The number of ether oxygens (including phenoxy) is 1. The maximum absolute atomic E-state index is 12.9. The Kier molecular flexibility index (Phi) is 4.41. The van der Waals surface area contributed by atoms with Gasteiger partial charge in [-0.15, -0.1) is 0 Å². The van der Waals surface area contributed by atoms with E-state index in [0.29, 0.717) is 43.9 Å². The minimum atomic E-state index is 0.0358. The van der Waals surface area contributed by atoms with Crippen LogP contribution in [0, 0.1) is 0 Å². The van der Waals surface area contributed by atoms with E-state index in [0.717, 1.165) is 24.2 Å². The molecule has 2 aliphatic rings. The molecule has 1 aromatic carbocycles. The molecule has 6 nitrogen and oxygen atoms in total. The summed E-state index contributed by atoms with van der Waals surface area (Å²) in [6.45, 7) is 3.16. The van der Waals surface area contributed by atoms with Gasteiger partial charge in [-0.2, -0.15) is 0 Å². The molecule has 0 saturated carbocycles. The number of aromatic nitrogens is 1. The third-order valence-corrected chi connectivity index (χ3v) is 5.09. The van der Waals surface area contributed by atoms with E-state index in [9.17, 15) is 9.59 Å². The van der Waals surface area contributed by atoms with Crippen LogP contribution in [-0.2, 0) is 13.5 Å². The largest absolute Gasteiger partial charge is 0.493 e. The third-order valence-electron chi connectivity index (χ3n) is 5.09. The first kappa shape index (κ1) is 16.7. The van der Waals surface area contributed by atoms with Gasteiger partial charge in [0.25, 0.3) is 11.8 Å². The number of benzene rings is 1. The van der Waals surface area contributed by atoms with E-state index >= 15 is 0 Å². The first-order chi connectivity index (χ1) is 12.6. The molecule has 26 heavy (non-hydrogen) atoms. The zero-order valence-corrected chi connectivity index (χ0v) is 15.0. The quantitative estimate of drug-likeness (QED) is 0.829. The molecule has 6 heteroatoms. The maximum atomic E-state index is 12.9. The Morgan fingerprint density at radius 1 is 0.962 bits per heavy atom. The average molecular weight is 353 g/mol. The standard InChI is InChI=1S/C20H23N3O3/c1-21-9-5-17(14-21)20(25)23-8-2-7-22(10-11-23)19(24)16-3-4-18-15(13-16)6-12-26-18/h3-5,9,13-14H,2,6-8,10-12H2,1H3. The van der Waals surface area contributed by atoms with Crippen molar-refractivity contribution in [3.05, 3.63) is 53.3 Å². The molecule has 0 radical (unpaired) electrons. The maximum Gasteiger partial charge on any atom is 0.255 e. The minimum absolute atomic E-state index is 0.0358. The Balaban J connectivity index is 1.43. The van der Waals surface area contributed by atoms with Crippen LogP contribution in [0.4, 0.5) is 0 Å². The number of carbonyl (C=O) groups is 2. The van der Waals surface area contributed by atoms with Crippen LogP contribution in [0.15, 0.2) is 36.7 Å². The van der Waals surface area contributed by atoms with Gasteiger partial charge < -0.3 is 19.1 Å². The van der Waals surface area contributed by atoms with Gasteiger partial charge in [0.05, 0.1) is 12.2 Å². The van der Waals surface area contributed by atoms with Crippen molar-refractivity contribution in [1.82, 2.24) is 14.4 Å². The van der Waals surface area contributed by atoms with Crippen molar-refractivity contribution < 1.29 is 14.3 Å². The molecule has 2 aromatic rings. The van der Waals surface area contributed by atoms with Gasteiger partial charge in [0.1, 0.15) is 5.75 Å². The van der Waals surface area contributed by atoms with Crippen molar-refractivity contribution in [2.75, 3.05) is 32.8 Å². The lowest BCUT2D eigenvalue weighted by Crippen LogP contribution is -2.37. The SMILES string of the molecule is Cn1ccc(C(=O)N2CCCN(C(=O)c3ccc4c(c3)CCO4)CC2)c1. The lowest BCUT2D eigenvalue weighted by molar-refractivity contribution is 0.0718. The summed E-state index contributed by atoms with van der Waals surface area (Å²) in [5, 5.41) is 0. The molecule has 1 aromatic heterocycles. The molecule has 0 spiro atoms. The summed E-state index contributed by atoms with van der Waals surface area (Å²) in [5.41, 5.74) is 2.51. The fourth-order valence-corrected chi connectivity index (χ4v) is 3.64. The van der Waals surface area contributed by atoms with Gasteiger partial charge >= 0.3 is 0 Å². The van der Waals surface area contributed by atoms with Crippen LogP contribution in [0.25, 0.3) is 0 Å². The Bertz CT molecular complexity index is 843. The minimum Gasteiger partial charge on any atom is -0.493 e. The van der Waals surface area contributed by atoms with Crippen molar-refractivity contribution in [1.29, 1.82) is 0 Å². The van der Waals surface area contributed by atoms with E-state index in [-0.39, 0.29) is 11.8 Å². The van der Waals surface area contributed by atoms with Crippen molar-refractivity contribution in [2.24, 2.45) is 7.05 Å². The van der Waals surface area contributed by atoms with Crippen molar-refractivity contribution in [3.63, 3.8) is 0 Å². The number of nitrogens with zero attached hydrogens (tertiary/aromatic N) is 3. The van der Waals surface area contributed by atoms with E-state index in [2.05, 4.69) is 0 Å². The molecule has 4 rings (SSSR count). The molecule has 0 N–H and O–H groups in total. The molecular weight excluding hydrogens is 330 g/mol. The normalized spacial score (nSPS) is 16.8. The lowest BCUT2D eigenvalue weighted by Gasteiger charge is -2.22. The molecule has 0 bridgehead atoms. The molecule has 1 fully saturated rings. The lowest BCUT2D eigenvalue weighted by atomic mass is 10.1. The summed E-state index contributed by atoms with van der Waals surface area (Å²) in [4.78, 5) is 29.2. The van der Waals surface area contributed by atoms with Crippen LogP contribution in [0.1, 0.15) is 32.7 Å². The number of aryl methyl sites for hydroxylation is 1. The Morgan fingerprint density at radius 2 is 1.69 bits per heavy atom. The highest BCUT2D eigenvalue weighted by Crippen LogP contribution is 2.26. The molecule has 3 heterocycles. The smallest absolute Gasteiger partial charge is 0.255 e. The highest BCUT2D eigenvalue weighted by molar-refractivity contribution is 5.95. The number of carbonyl (C=O) groups excluding carboxylic acids is 2. The Labute approximate surface area is 153 Å². The topological polar surface area (TPSA) is 54.8 Å². The number of hydrogen-bond acceptors (Lipinski definition) is 3. The van der Waals surface area contributed by atoms with Crippen molar-refractivity contribution >= 4 is 11.8 Å². The van der Waals surface area contributed by atoms with E-state index in [4.69, 9.17) is 4.74 Å². The highest BCUT2D eigenvalue weighted by Gasteiger charge is 2.24. The highest BCUT2D eigenvalue weighted by atomic mass is 16.5. The number of amides is 2. The molecule has 0 unspecified atom stereocenters. The van der Waals surface area contributed by atoms with Crippen LogP contribution < -0.4 is 4.74 Å². The average Bonchev–Trinajstić information content (AvgIpc) is 3.22. The summed E-state index contributed by atoms with van der Waals surface area (Å²) in [6.07, 6.45) is 5.36. The van der Waals surface area contributed by atoms with E-state index < -0.39 is 0 Å². The fourth-order valence-electron chi connectivity index (χ4n) is 3.64. The summed E-state index contributed by atoms with van der Waals surface area (Å²) in [6, 6.07) is 7.51. The van der Waals surface area contributed by atoms with Gasteiger partial charge in [-0.25, -0.2) is 0 Å². The summed E-state index contributed by atoms with van der Waals surface area (Å²) < 4.78 is 7.39. The monoisotopic (exact) mass is 353 g/mol. The molecule has 0 atom stereocenters. The number of hydrogen-bond donors (Lipinski definition) is 0. The second-order valence-corrected chi connectivity index (χ2v) is 6.92. The molecule has 2 aliphatic heterocycles. The number of fused-ring (bicyclic) bond motifs is 1. The van der Waals surface area contributed by atoms with Gasteiger partial charge in [0.15, 0.2) is 0 Å².